The SMILES string of the molecule is Brc1ccc(-c2nc3c(c(C4CC4)n2)CNCC3)nc1. The lowest BCUT2D eigenvalue weighted by atomic mass is 10.0. The molecule has 3 heterocycles. The summed E-state index contributed by atoms with van der Waals surface area (Å²) in [6, 6.07) is 3.97. The molecule has 2 aromatic heterocycles. The molecule has 1 N–H and O–H groups in total. The quantitative estimate of drug-likeness (QED) is 0.919. The van der Waals surface area contributed by atoms with E-state index < -0.39 is 0 Å². The van der Waals surface area contributed by atoms with E-state index in [1.54, 1.807) is 6.20 Å². The van der Waals surface area contributed by atoms with Crippen LogP contribution < -0.4 is 5.32 Å². The molecule has 0 saturated heterocycles. The maximum Gasteiger partial charge on any atom is 0.178 e. The van der Waals surface area contributed by atoms with Gasteiger partial charge < -0.3 is 5.32 Å². The Kier molecular flexibility index (Phi) is 3.04. The minimum Gasteiger partial charge on any atom is -0.312 e. The van der Waals surface area contributed by atoms with Crippen LogP contribution in [0.4, 0.5) is 0 Å². The van der Waals surface area contributed by atoms with E-state index in [1.165, 1.54) is 29.8 Å². The van der Waals surface area contributed by atoms with Crippen molar-refractivity contribution < 1.29 is 0 Å². The monoisotopic (exact) mass is 330 g/mol. The van der Waals surface area contributed by atoms with Crippen LogP contribution in [0.2, 0.25) is 0 Å². The number of aromatic nitrogens is 3. The average molecular weight is 331 g/mol. The molecule has 0 aromatic carbocycles. The van der Waals surface area contributed by atoms with Crippen LogP contribution in [0.25, 0.3) is 11.5 Å². The summed E-state index contributed by atoms with van der Waals surface area (Å²) in [7, 11) is 0. The molecule has 1 aliphatic heterocycles. The van der Waals surface area contributed by atoms with Gasteiger partial charge in [-0.15, -0.1) is 0 Å². The Morgan fingerprint density at radius 3 is 2.85 bits per heavy atom. The molecule has 0 unspecified atom stereocenters. The normalized spacial score (nSPS) is 17.9. The Morgan fingerprint density at radius 2 is 2.10 bits per heavy atom. The number of hydrogen-bond acceptors (Lipinski definition) is 4. The number of nitrogens with zero attached hydrogens (tertiary/aromatic N) is 3. The Morgan fingerprint density at radius 1 is 1.20 bits per heavy atom. The molecule has 2 aliphatic rings. The summed E-state index contributed by atoms with van der Waals surface area (Å²) in [5.41, 5.74) is 4.65. The van der Waals surface area contributed by atoms with Gasteiger partial charge in [-0.3, -0.25) is 4.98 Å². The van der Waals surface area contributed by atoms with E-state index in [4.69, 9.17) is 9.97 Å². The molecule has 0 atom stereocenters. The van der Waals surface area contributed by atoms with Gasteiger partial charge in [0.05, 0.1) is 11.4 Å². The second kappa shape index (κ2) is 4.90. The largest absolute Gasteiger partial charge is 0.312 e. The number of hydrogen-bond donors (Lipinski definition) is 1. The first-order chi connectivity index (χ1) is 9.81. The minimum atomic E-state index is 0.640. The van der Waals surface area contributed by atoms with E-state index in [1.807, 2.05) is 12.1 Å². The topological polar surface area (TPSA) is 50.7 Å². The lowest BCUT2D eigenvalue weighted by molar-refractivity contribution is 0.617. The van der Waals surface area contributed by atoms with E-state index in [2.05, 4.69) is 26.2 Å². The maximum absolute atomic E-state index is 4.82. The van der Waals surface area contributed by atoms with Crippen molar-refractivity contribution in [3.8, 4) is 11.5 Å². The van der Waals surface area contributed by atoms with E-state index in [0.29, 0.717) is 5.92 Å². The first-order valence-corrected chi connectivity index (χ1v) is 7.83. The van der Waals surface area contributed by atoms with Gasteiger partial charge >= 0.3 is 0 Å². The van der Waals surface area contributed by atoms with Gasteiger partial charge in [0.15, 0.2) is 5.82 Å². The number of rotatable bonds is 2. The summed E-state index contributed by atoms with van der Waals surface area (Å²) < 4.78 is 0.978. The predicted octanol–water partition coefficient (Wildman–Crippen LogP) is 2.82. The lowest BCUT2D eigenvalue weighted by Crippen LogP contribution is -2.26. The highest BCUT2D eigenvalue weighted by Crippen LogP contribution is 2.42. The second-order valence-corrected chi connectivity index (χ2v) is 6.34. The molecule has 2 aromatic rings. The molecule has 0 bridgehead atoms. The summed E-state index contributed by atoms with van der Waals surface area (Å²) in [6.07, 6.45) is 5.31. The van der Waals surface area contributed by atoms with Crippen LogP contribution in [-0.4, -0.2) is 21.5 Å². The van der Waals surface area contributed by atoms with Crippen LogP contribution in [0.15, 0.2) is 22.8 Å². The molecule has 4 nitrogen and oxygen atoms in total. The fourth-order valence-electron chi connectivity index (χ4n) is 2.69. The van der Waals surface area contributed by atoms with Crippen molar-refractivity contribution in [2.45, 2.75) is 31.7 Å². The van der Waals surface area contributed by atoms with Gasteiger partial charge in [0.2, 0.25) is 0 Å². The summed E-state index contributed by atoms with van der Waals surface area (Å²) >= 11 is 3.41. The van der Waals surface area contributed by atoms with Crippen molar-refractivity contribution in [3.05, 3.63) is 39.8 Å². The van der Waals surface area contributed by atoms with Gasteiger partial charge in [-0.1, -0.05) is 0 Å². The molecule has 20 heavy (non-hydrogen) atoms. The zero-order valence-electron chi connectivity index (χ0n) is 11.1. The molecule has 0 radical (unpaired) electrons. The zero-order valence-corrected chi connectivity index (χ0v) is 12.7. The Hall–Kier alpha value is -1.33. The highest BCUT2D eigenvalue weighted by molar-refractivity contribution is 9.10. The van der Waals surface area contributed by atoms with Crippen molar-refractivity contribution >= 4 is 15.9 Å². The van der Waals surface area contributed by atoms with Crippen molar-refractivity contribution in [1.29, 1.82) is 0 Å². The Bertz CT molecular complexity index is 650. The number of nitrogens with one attached hydrogen (secondary N) is 1. The number of halogens is 1. The van der Waals surface area contributed by atoms with Crippen LogP contribution in [0.3, 0.4) is 0 Å². The smallest absolute Gasteiger partial charge is 0.178 e. The van der Waals surface area contributed by atoms with Gasteiger partial charge in [-0.25, -0.2) is 9.97 Å². The van der Waals surface area contributed by atoms with Crippen molar-refractivity contribution in [2.24, 2.45) is 0 Å². The summed E-state index contributed by atoms with van der Waals surface area (Å²) in [4.78, 5) is 14.0. The Balaban J connectivity index is 1.83. The fourth-order valence-corrected chi connectivity index (χ4v) is 2.92. The standard InChI is InChI=1S/C15H15BrN4/c16-10-3-4-13(18-7-10)15-19-12-5-6-17-8-11(12)14(20-15)9-1-2-9/h3-4,7,9,17H,1-2,5-6,8H2. The molecule has 4 rings (SSSR count). The molecular weight excluding hydrogens is 316 g/mol. The number of pyridine rings is 1. The van der Waals surface area contributed by atoms with E-state index in [-0.39, 0.29) is 0 Å². The molecule has 1 fully saturated rings. The van der Waals surface area contributed by atoms with Gasteiger partial charge in [0.25, 0.3) is 0 Å². The molecule has 0 amide bonds. The molecule has 102 valence electrons. The van der Waals surface area contributed by atoms with Crippen LogP contribution >= 0.6 is 15.9 Å². The van der Waals surface area contributed by atoms with Crippen LogP contribution in [0.5, 0.6) is 0 Å². The van der Waals surface area contributed by atoms with E-state index >= 15 is 0 Å². The van der Waals surface area contributed by atoms with Gasteiger partial charge in [0, 0.05) is 41.7 Å². The Labute approximate surface area is 126 Å². The molecular formula is C15H15BrN4. The van der Waals surface area contributed by atoms with E-state index in [9.17, 15) is 0 Å². The molecule has 0 spiro atoms. The second-order valence-electron chi connectivity index (χ2n) is 5.42. The summed E-state index contributed by atoms with van der Waals surface area (Å²) in [5, 5.41) is 3.43. The van der Waals surface area contributed by atoms with E-state index in [0.717, 1.165) is 35.5 Å². The van der Waals surface area contributed by atoms with Gasteiger partial charge in [-0.2, -0.15) is 0 Å². The molecule has 5 heteroatoms. The van der Waals surface area contributed by atoms with Crippen molar-refractivity contribution in [1.82, 2.24) is 20.3 Å². The van der Waals surface area contributed by atoms with Crippen LogP contribution in [0.1, 0.15) is 35.7 Å². The summed E-state index contributed by atoms with van der Waals surface area (Å²) in [6.45, 7) is 1.91. The highest BCUT2D eigenvalue weighted by atomic mass is 79.9. The summed E-state index contributed by atoms with van der Waals surface area (Å²) in [5.74, 6) is 1.42. The highest BCUT2D eigenvalue weighted by Gasteiger charge is 2.30. The molecule has 1 aliphatic carbocycles. The molecule has 1 saturated carbocycles. The third kappa shape index (κ3) is 2.25. The predicted molar refractivity (Wildman–Crippen MR) is 80.3 cm³/mol. The third-order valence-corrected chi connectivity index (χ3v) is 4.35. The average Bonchev–Trinajstić information content (AvgIpc) is 3.31. The van der Waals surface area contributed by atoms with Crippen molar-refractivity contribution in [2.75, 3.05) is 6.54 Å². The van der Waals surface area contributed by atoms with Crippen LogP contribution in [-0.2, 0) is 13.0 Å². The van der Waals surface area contributed by atoms with Gasteiger partial charge in [0.1, 0.15) is 5.69 Å². The van der Waals surface area contributed by atoms with Crippen LogP contribution in [0, 0.1) is 0 Å². The third-order valence-electron chi connectivity index (χ3n) is 3.89. The maximum atomic E-state index is 4.82. The zero-order chi connectivity index (χ0) is 13.5. The minimum absolute atomic E-state index is 0.640. The first kappa shape index (κ1) is 12.4. The van der Waals surface area contributed by atoms with Gasteiger partial charge in [-0.05, 0) is 40.9 Å². The van der Waals surface area contributed by atoms with Crippen molar-refractivity contribution in [3.63, 3.8) is 0 Å². The lowest BCUT2D eigenvalue weighted by Gasteiger charge is -2.20. The fraction of sp³-hybridized carbons (Fsp3) is 0.400. The first-order valence-electron chi connectivity index (χ1n) is 7.03. The number of fused-ring (bicyclic) bond motifs is 1.